The fourth-order valence-corrected chi connectivity index (χ4v) is 5.38. The SMILES string of the molecule is O=C(N/N=C\c1cc(I)c(OCc2cccc3ccccc23)c(I)c1)c1ccccc1O. The molecule has 7 heteroatoms. The van der Waals surface area contributed by atoms with E-state index in [2.05, 4.69) is 80.0 Å². The number of carbonyl (C=O) groups excluding carboxylic acids is 1. The van der Waals surface area contributed by atoms with Crippen molar-refractivity contribution < 1.29 is 14.6 Å². The first-order chi connectivity index (χ1) is 15.5. The van der Waals surface area contributed by atoms with E-state index in [1.807, 2.05) is 30.3 Å². The highest BCUT2D eigenvalue weighted by Gasteiger charge is 2.11. The molecule has 0 saturated carbocycles. The molecule has 0 spiro atoms. The zero-order valence-corrected chi connectivity index (χ0v) is 21.1. The second-order valence-corrected chi connectivity index (χ2v) is 9.28. The highest BCUT2D eigenvalue weighted by Crippen LogP contribution is 2.30. The summed E-state index contributed by atoms with van der Waals surface area (Å²) in [6.07, 6.45) is 1.57. The Morgan fingerprint density at radius 1 is 0.969 bits per heavy atom. The normalized spacial score (nSPS) is 11.1. The van der Waals surface area contributed by atoms with Crippen molar-refractivity contribution in [2.24, 2.45) is 5.10 Å². The minimum Gasteiger partial charge on any atom is -0.507 e. The Morgan fingerprint density at radius 3 is 2.44 bits per heavy atom. The maximum absolute atomic E-state index is 12.1. The Bertz CT molecular complexity index is 1290. The van der Waals surface area contributed by atoms with Gasteiger partial charge in [0.1, 0.15) is 18.1 Å². The monoisotopic (exact) mass is 648 g/mol. The van der Waals surface area contributed by atoms with Crippen LogP contribution in [0.3, 0.4) is 0 Å². The number of aromatic hydroxyl groups is 1. The molecule has 0 atom stereocenters. The van der Waals surface area contributed by atoms with Crippen molar-refractivity contribution in [1.29, 1.82) is 0 Å². The van der Waals surface area contributed by atoms with Gasteiger partial charge in [0, 0.05) is 0 Å². The molecule has 4 rings (SSSR count). The Kier molecular flexibility index (Phi) is 7.26. The van der Waals surface area contributed by atoms with Gasteiger partial charge in [-0.15, -0.1) is 0 Å². The topological polar surface area (TPSA) is 70.9 Å². The summed E-state index contributed by atoms with van der Waals surface area (Å²) >= 11 is 4.48. The van der Waals surface area contributed by atoms with Gasteiger partial charge >= 0.3 is 0 Å². The van der Waals surface area contributed by atoms with E-state index in [-0.39, 0.29) is 11.3 Å². The average molecular weight is 648 g/mol. The van der Waals surface area contributed by atoms with Gasteiger partial charge < -0.3 is 9.84 Å². The van der Waals surface area contributed by atoms with Crippen molar-refractivity contribution in [3.8, 4) is 11.5 Å². The van der Waals surface area contributed by atoms with Gasteiger partial charge in [-0.2, -0.15) is 5.10 Å². The van der Waals surface area contributed by atoms with Crippen molar-refractivity contribution in [3.63, 3.8) is 0 Å². The number of hydrogen-bond donors (Lipinski definition) is 2. The van der Waals surface area contributed by atoms with Crippen LogP contribution in [0.4, 0.5) is 0 Å². The van der Waals surface area contributed by atoms with Gasteiger partial charge in [0.2, 0.25) is 0 Å². The van der Waals surface area contributed by atoms with Crippen LogP contribution >= 0.6 is 45.2 Å². The van der Waals surface area contributed by atoms with E-state index in [1.165, 1.54) is 22.9 Å². The van der Waals surface area contributed by atoms with Crippen LogP contribution in [0.15, 0.2) is 84.0 Å². The summed E-state index contributed by atoms with van der Waals surface area (Å²) in [7, 11) is 0. The number of fused-ring (bicyclic) bond motifs is 1. The molecule has 4 aromatic carbocycles. The molecule has 0 radical (unpaired) electrons. The smallest absolute Gasteiger partial charge is 0.275 e. The number of hydrazone groups is 1. The summed E-state index contributed by atoms with van der Waals surface area (Å²) in [5.74, 6) is 0.255. The number of benzene rings is 4. The van der Waals surface area contributed by atoms with Crippen LogP contribution in [0.2, 0.25) is 0 Å². The largest absolute Gasteiger partial charge is 0.507 e. The number of phenolic OH excluding ortho intramolecular Hbond substituents is 1. The molecule has 0 aliphatic rings. The van der Waals surface area contributed by atoms with Crippen LogP contribution in [0.25, 0.3) is 10.8 Å². The van der Waals surface area contributed by atoms with E-state index < -0.39 is 5.91 Å². The zero-order valence-electron chi connectivity index (χ0n) is 16.8. The first kappa shape index (κ1) is 22.5. The van der Waals surface area contributed by atoms with Crippen LogP contribution in [0.1, 0.15) is 21.5 Å². The van der Waals surface area contributed by atoms with Gasteiger partial charge in [-0.3, -0.25) is 4.79 Å². The van der Waals surface area contributed by atoms with Gasteiger partial charge in [-0.25, -0.2) is 5.43 Å². The molecule has 0 aliphatic carbocycles. The molecule has 4 aromatic rings. The predicted octanol–water partition coefficient (Wildman–Crippen LogP) is 6.10. The summed E-state index contributed by atoms with van der Waals surface area (Å²) in [5, 5.41) is 16.2. The Hall–Kier alpha value is -2.66. The van der Waals surface area contributed by atoms with Crippen LogP contribution in [0, 0.1) is 7.14 Å². The fraction of sp³-hybridized carbons (Fsp3) is 0.0400. The molecule has 0 heterocycles. The first-order valence-electron chi connectivity index (χ1n) is 9.73. The van der Waals surface area contributed by atoms with Crippen LogP contribution in [-0.4, -0.2) is 17.2 Å². The number of nitrogens with zero attached hydrogens (tertiary/aromatic N) is 1. The van der Waals surface area contributed by atoms with Gasteiger partial charge in [-0.1, -0.05) is 54.6 Å². The van der Waals surface area contributed by atoms with E-state index in [4.69, 9.17) is 4.74 Å². The van der Waals surface area contributed by atoms with E-state index in [0.717, 1.165) is 24.0 Å². The second kappa shape index (κ2) is 10.3. The third kappa shape index (κ3) is 5.21. The number of hydrogen-bond acceptors (Lipinski definition) is 4. The van der Waals surface area contributed by atoms with E-state index >= 15 is 0 Å². The van der Waals surface area contributed by atoms with Gasteiger partial charge in [0.25, 0.3) is 5.91 Å². The van der Waals surface area contributed by atoms with Gasteiger partial charge in [0.15, 0.2) is 0 Å². The standard InChI is InChI=1S/C25H18I2N2O3/c26-21-12-16(14-28-29-25(31)20-10-3-4-11-23(20)30)13-22(27)24(21)32-15-18-8-5-7-17-6-1-2-9-19(17)18/h1-14,30H,15H2,(H,29,31)/b28-14-. The Labute approximate surface area is 212 Å². The lowest BCUT2D eigenvalue weighted by Gasteiger charge is -2.13. The van der Waals surface area contributed by atoms with E-state index in [9.17, 15) is 9.90 Å². The van der Waals surface area contributed by atoms with Crippen LogP contribution in [0.5, 0.6) is 11.5 Å². The second-order valence-electron chi connectivity index (χ2n) is 6.96. The molecule has 32 heavy (non-hydrogen) atoms. The molecule has 0 fully saturated rings. The number of halogens is 2. The van der Waals surface area contributed by atoms with Crippen LogP contribution < -0.4 is 10.2 Å². The molecule has 1 amide bonds. The predicted molar refractivity (Wildman–Crippen MR) is 143 cm³/mol. The third-order valence-electron chi connectivity index (χ3n) is 4.80. The number of para-hydroxylation sites is 1. The number of rotatable bonds is 6. The number of amides is 1. The lowest BCUT2D eigenvalue weighted by Crippen LogP contribution is -2.17. The lowest BCUT2D eigenvalue weighted by atomic mass is 10.1. The molecule has 160 valence electrons. The quantitative estimate of drug-likeness (QED) is 0.151. The van der Waals surface area contributed by atoms with Crippen molar-refractivity contribution >= 4 is 68.1 Å². The molecule has 0 unspecified atom stereocenters. The van der Waals surface area contributed by atoms with E-state index in [0.29, 0.717) is 6.61 Å². The minimum atomic E-state index is -0.473. The number of nitrogens with one attached hydrogen (secondary N) is 1. The third-order valence-corrected chi connectivity index (χ3v) is 6.40. The highest BCUT2D eigenvalue weighted by molar-refractivity contribution is 14.1. The number of carbonyl (C=O) groups is 1. The van der Waals surface area contributed by atoms with Crippen molar-refractivity contribution in [2.45, 2.75) is 6.61 Å². The molecule has 0 aliphatic heterocycles. The van der Waals surface area contributed by atoms with Gasteiger partial charge in [0.05, 0.1) is 18.9 Å². The summed E-state index contributed by atoms with van der Waals surface area (Å²) in [4.78, 5) is 12.1. The van der Waals surface area contributed by atoms with Crippen molar-refractivity contribution in [1.82, 2.24) is 5.43 Å². The summed E-state index contributed by atoms with van der Waals surface area (Å²) < 4.78 is 8.07. The zero-order chi connectivity index (χ0) is 22.5. The minimum absolute atomic E-state index is 0.0861. The molecular weight excluding hydrogens is 630 g/mol. The lowest BCUT2D eigenvalue weighted by molar-refractivity contribution is 0.0952. The molecule has 0 bridgehead atoms. The summed E-state index contributed by atoms with van der Waals surface area (Å²) in [5.41, 5.74) is 4.57. The molecule has 2 N–H and O–H groups in total. The molecular formula is C25H18I2N2O3. The Balaban J connectivity index is 1.45. The summed E-state index contributed by atoms with van der Waals surface area (Å²) in [6, 6.07) is 24.7. The summed E-state index contributed by atoms with van der Waals surface area (Å²) in [6.45, 7) is 0.470. The van der Waals surface area contributed by atoms with Gasteiger partial charge in [-0.05, 0) is 91.3 Å². The van der Waals surface area contributed by atoms with Crippen molar-refractivity contribution in [2.75, 3.05) is 0 Å². The van der Waals surface area contributed by atoms with Crippen molar-refractivity contribution in [3.05, 3.63) is 103 Å². The maximum atomic E-state index is 12.1. The fourth-order valence-electron chi connectivity index (χ4n) is 3.25. The number of ether oxygens (including phenoxy) is 1. The molecule has 0 saturated heterocycles. The van der Waals surface area contributed by atoms with E-state index in [1.54, 1.807) is 18.3 Å². The molecule has 0 aromatic heterocycles. The highest BCUT2D eigenvalue weighted by atomic mass is 127. The average Bonchev–Trinajstić information content (AvgIpc) is 2.79. The Morgan fingerprint density at radius 2 is 1.66 bits per heavy atom. The molecule has 5 nitrogen and oxygen atoms in total. The number of phenols is 1. The first-order valence-corrected chi connectivity index (χ1v) is 11.9. The van der Waals surface area contributed by atoms with Crippen LogP contribution in [-0.2, 0) is 6.61 Å². The maximum Gasteiger partial charge on any atom is 0.275 e.